The van der Waals surface area contributed by atoms with Gasteiger partial charge < -0.3 is 5.73 Å². The van der Waals surface area contributed by atoms with Crippen LogP contribution in [-0.4, -0.2) is 14.8 Å². The molecule has 0 aliphatic carbocycles. The average Bonchev–Trinajstić information content (AvgIpc) is 2.79. The van der Waals surface area contributed by atoms with Gasteiger partial charge in [-0.2, -0.15) is 5.10 Å². The van der Waals surface area contributed by atoms with Gasteiger partial charge in [0.05, 0.1) is 6.54 Å². The lowest BCUT2D eigenvalue weighted by Crippen LogP contribution is -2.20. The lowest BCUT2D eigenvalue weighted by Gasteiger charge is -2.15. The molecule has 2 rings (SSSR count). The molecule has 0 saturated carbocycles. The maximum Gasteiger partial charge on any atom is 0.150 e. The summed E-state index contributed by atoms with van der Waals surface area (Å²) in [6.45, 7) is 9.06. The van der Waals surface area contributed by atoms with Crippen molar-refractivity contribution in [3.8, 4) is 0 Å². The minimum Gasteiger partial charge on any atom is -0.322 e. The highest BCUT2D eigenvalue weighted by Crippen LogP contribution is 2.17. The van der Waals surface area contributed by atoms with Crippen molar-refractivity contribution in [2.45, 2.75) is 53.1 Å². The highest BCUT2D eigenvalue weighted by Gasteiger charge is 2.13. The molecule has 0 aliphatic heterocycles. The van der Waals surface area contributed by atoms with E-state index >= 15 is 0 Å². The number of hydrogen-bond acceptors (Lipinski definition) is 3. The third-order valence-corrected chi connectivity index (χ3v) is 3.47. The molecule has 0 amide bonds. The van der Waals surface area contributed by atoms with Crippen LogP contribution < -0.4 is 5.73 Å². The van der Waals surface area contributed by atoms with Crippen LogP contribution in [0.2, 0.25) is 0 Å². The van der Waals surface area contributed by atoms with E-state index in [1.165, 1.54) is 11.1 Å². The lowest BCUT2D eigenvalue weighted by molar-refractivity contribution is 0.505. The third-order valence-electron chi connectivity index (χ3n) is 3.47. The van der Waals surface area contributed by atoms with Crippen LogP contribution >= 0.6 is 0 Å². The van der Waals surface area contributed by atoms with E-state index in [1.807, 2.05) is 4.68 Å². The lowest BCUT2D eigenvalue weighted by atomic mass is 10.0. The largest absolute Gasteiger partial charge is 0.322 e. The Morgan fingerprint density at radius 1 is 1.10 bits per heavy atom. The molecule has 0 bridgehead atoms. The Bertz CT molecular complexity index is 566. The molecule has 4 heteroatoms. The smallest absolute Gasteiger partial charge is 0.150 e. The van der Waals surface area contributed by atoms with Crippen molar-refractivity contribution in [1.29, 1.82) is 0 Å². The van der Waals surface area contributed by atoms with Gasteiger partial charge in [-0.1, -0.05) is 43.2 Å². The van der Waals surface area contributed by atoms with Gasteiger partial charge in [0.25, 0.3) is 0 Å². The minimum absolute atomic E-state index is 0.0506. The summed E-state index contributed by atoms with van der Waals surface area (Å²) in [6, 6.07) is 6.42. The summed E-state index contributed by atoms with van der Waals surface area (Å²) in [6.07, 6.45) is 1.74. The predicted octanol–water partition coefficient (Wildman–Crippen LogP) is 2.72. The molecular formula is C16H24N4. The molecule has 1 atom stereocenters. The molecule has 0 fully saturated rings. The van der Waals surface area contributed by atoms with Crippen LogP contribution in [-0.2, 0) is 19.4 Å². The second kappa shape index (κ2) is 6.18. The molecule has 2 N–H and O–H groups in total. The zero-order chi connectivity index (χ0) is 14.7. The van der Waals surface area contributed by atoms with Crippen molar-refractivity contribution in [1.82, 2.24) is 14.8 Å². The van der Waals surface area contributed by atoms with E-state index in [2.05, 4.69) is 56.0 Å². The van der Waals surface area contributed by atoms with E-state index in [0.717, 1.165) is 30.1 Å². The van der Waals surface area contributed by atoms with Gasteiger partial charge in [-0.05, 0) is 19.4 Å². The first-order valence-corrected chi connectivity index (χ1v) is 7.29. The second-order valence-electron chi connectivity index (χ2n) is 5.36. The van der Waals surface area contributed by atoms with Crippen molar-refractivity contribution >= 4 is 0 Å². The molecule has 0 spiro atoms. The normalized spacial score (nSPS) is 12.7. The number of aromatic nitrogens is 3. The highest BCUT2D eigenvalue weighted by molar-refractivity contribution is 5.30. The van der Waals surface area contributed by atoms with E-state index in [1.54, 1.807) is 0 Å². The van der Waals surface area contributed by atoms with Gasteiger partial charge in [0.2, 0.25) is 0 Å². The summed E-state index contributed by atoms with van der Waals surface area (Å²) in [5, 5.41) is 4.54. The average molecular weight is 272 g/mol. The van der Waals surface area contributed by atoms with Crippen LogP contribution in [0.25, 0.3) is 0 Å². The van der Waals surface area contributed by atoms with E-state index in [-0.39, 0.29) is 6.04 Å². The fourth-order valence-electron chi connectivity index (χ4n) is 2.50. The van der Waals surface area contributed by atoms with Crippen molar-refractivity contribution in [2.75, 3.05) is 0 Å². The zero-order valence-electron chi connectivity index (χ0n) is 12.8. The Kier molecular flexibility index (Phi) is 4.55. The number of rotatable bonds is 5. The van der Waals surface area contributed by atoms with Crippen molar-refractivity contribution in [3.63, 3.8) is 0 Å². The van der Waals surface area contributed by atoms with E-state index in [9.17, 15) is 0 Å². The summed E-state index contributed by atoms with van der Waals surface area (Å²) in [5.74, 6) is 1.91. The van der Waals surface area contributed by atoms with Crippen molar-refractivity contribution in [3.05, 3.63) is 46.5 Å². The van der Waals surface area contributed by atoms with Gasteiger partial charge in [0, 0.05) is 18.9 Å². The van der Waals surface area contributed by atoms with Gasteiger partial charge in [0.1, 0.15) is 5.82 Å². The summed E-state index contributed by atoms with van der Waals surface area (Å²) in [7, 11) is 0. The number of aryl methyl sites for hydroxylation is 4. The standard InChI is InChI=1S/C16H24N4/c1-5-15-18-16(6-2)20(19-15)10-14(17)13-8-11(3)7-12(4)9-13/h7-9,14H,5-6,10,17H2,1-4H3. The molecule has 1 heterocycles. The van der Waals surface area contributed by atoms with Crippen LogP contribution in [0.3, 0.4) is 0 Å². The van der Waals surface area contributed by atoms with Crippen LogP contribution in [0, 0.1) is 13.8 Å². The molecular weight excluding hydrogens is 248 g/mol. The molecule has 20 heavy (non-hydrogen) atoms. The first-order valence-electron chi connectivity index (χ1n) is 7.29. The van der Waals surface area contributed by atoms with Gasteiger partial charge >= 0.3 is 0 Å². The van der Waals surface area contributed by atoms with Crippen LogP contribution in [0.1, 0.15) is 48.2 Å². The monoisotopic (exact) mass is 272 g/mol. The Balaban J connectivity index is 2.22. The van der Waals surface area contributed by atoms with Gasteiger partial charge in [-0.25, -0.2) is 9.67 Å². The maximum absolute atomic E-state index is 6.35. The summed E-state index contributed by atoms with van der Waals surface area (Å²) in [5.41, 5.74) is 10.0. The Morgan fingerprint density at radius 3 is 2.30 bits per heavy atom. The van der Waals surface area contributed by atoms with Crippen molar-refractivity contribution in [2.24, 2.45) is 5.73 Å². The molecule has 4 nitrogen and oxygen atoms in total. The fraction of sp³-hybridized carbons (Fsp3) is 0.500. The molecule has 108 valence electrons. The summed E-state index contributed by atoms with van der Waals surface area (Å²) >= 11 is 0. The summed E-state index contributed by atoms with van der Waals surface area (Å²) < 4.78 is 1.96. The van der Waals surface area contributed by atoms with Crippen LogP contribution in [0.5, 0.6) is 0 Å². The molecule has 0 saturated heterocycles. The van der Waals surface area contributed by atoms with Gasteiger partial charge in [-0.3, -0.25) is 0 Å². The quantitative estimate of drug-likeness (QED) is 0.910. The Morgan fingerprint density at radius 2 is 1.75 bits per heavy atom. The molecule has 2 aromatic rings. The van der Waals surface area contributed by atoms with Crippen LogP contribution in [0.15, 0.2) is 18.2 Å². The topological polar surface area (TPSA) is 56.7 Å². The fourth-order valence-corrected chi connectivity index (χ4v) is 2.50. The van der Waals surface area contributed by atoms with Crippen LogP contribution in [0.4, 0.5) is 0 Å². The second-order valence-corrected chi connectivity index (χ2v) is 5.36. The first kappa shape index (κ1) is 14.7. The Labute approximate surface area is 121 Å². The zero-order valence-corrected chi connectivity index (χ0v) is 12.8. The maximum atomic E-state index is 6.35. The molecule has 1 unspecified atom stereocenters. The van der Waals surface area contributed by atoms with E-state index in [0.29, 0.717) is 6.54 Å². The van der Waals surface area contributed by atoms with Crippen molar-refractivity contribution < 1.29 is 0 Å². The number of nitrogens with two attached hydrogens (primary N) is 1. The Hall–Kier alpha value is -1.68. The van der Waals surface area contributed by atoms with E-state index in [4.69, 9.17) is 5.73 Å². The SMILES string of the molecule is CCc1nc(CC)n(CC(N)c2cc(C)cc(C)c2)n1. The molecule has 0 radical (unpaired) electrons. The third kappa shape index (κ3) is 3.25. The summed E-state index contributed by atoms with van der Waals surface area (Å²) in [4.78, 5) is 4.53. The van der Waals surface area contributed by atoms with Gasteiger partial charge in [-0.15, -0.1) is 0 Å². The molecule has 1 aromatic carbocycles. The highest BCUT2D eigenvalue weighted by atomic mass is 15.3. The number of benzene rings is 1. The predicted molar refractivity (Wildman–Crippen MR) is 81.6 cm³/mol. The number of nitrogens with zero attached hydrogens (tertiary/aromatic N) is 3. The van der Waals surface area contributed by atoms with Gasteiger partial charge in [0.15, 0.2) is 5.82 Å². The first-order chi connectivity index (χ1) is 9.53. The minimum atomic E-state index is -0.0506. The molecule has 0 aliphatic rings. The van der Waals surface area contributed by atoms with E-state index < -0.39 is 0 Å². The number of hydrogen-bond donors (Lipinski definition) is 1. The molecule has 1 aromatic heterocycles.